The first-order valence-corrected chi connectivity index (χ1v) is 9.33. The summed E-state index contributed by atoms with van der Waals surface area (Å²) in [6, 6.07) is 12.6. The molecule has 0 aliphatic carbocycles. The molecule has 2 heterocycles. The van der Waals surface area contributed by atoms with E-state index in [0.29, 0.717) is 6.54 Å². The van der Waals surface area contributed by atoms with E-state index in [2.05, 4.69) is 69.4 Å². The summed E-state index contributed by atoms with van der Waals surface area (Å²) in [6.07, 6.45) is 3.16. The van der Waals surface area contributed by atoms with Gasteiger partial charge < -0.3 is 10.2 Å². The van der Waals surface area contributed by atoms with E-state index in [1.54, 1.807) is 0 Å². The molecule has 0 unspecified atom stereocenters. The van der Waals surface area contributed by atoms with Crippen LogP contribution in [0.1, 0.15) is 53.4 Å². The number of hydrogen-bond acceptors (Lipinski definition) is 2. The van der Waals surface area contributed by atoms with Gasteiger partial charge in [0.25, 0.3) is 5.91 Å². The second-order valence-electron chi connectivity index (χ2n) is 8.15. The van der Waals surface area contributed by atoms with Crippen molar-refractivity contribution in [3.05, 3.63) is 70.3 Å². The molecule has 3 heteroatoms. The van der Waals surface area contributed by atoms with Crippen LogP contribution in [0.25, 0.3) is 5.57 Å². The third-order valence-corrected chi connectivity index (χ3v) is 5.38. The summed E-state index contributed by atoms with van der Waals surface area (Å²) in [7, 11) is 0. The van der Waals surface area contributed by atoms with Gasteiger partial charge in [0.15, 0.2) is 0 Å². The van der Waals surface area contributed by atoms with E-state index < -0.39 is 0 Å². The molecular formula is C23H26N2O. The fourth-order valence-corrected chi connectivity index (χ4v) is 4.22. The number of carbonyl (C=O) groups is 1. The summed E-state index contributed by atoms with van der Waals surface area (Å²) in [5, 5.41) is 3.58. The largest absolute Gasteiger partial charge is 0.376 e. The van der Waals surface area contributed by atoms with E-state index in [9.17, 15) is 4.79 Å². The third-order valence-electron chi connectivity index (χ3n) is 5.38. The van der Waals surface area contributed by atoms with Crippen LogP contribution in [-0.2, 0) is 13.0 Å². The molecule has 0 aromatic heterocycles. The zero-order valence-electron chi connectivity index (χ0n) is 16.0. The lowest BCUT2D eigenvalue weighted by Crippen LogP contribution is -2.38. The van der Waals surface area contributed by atoms with E-state index in [4.69, 9.17) is 0 Å². The highest BCUT2D eigenvalue weighted by Crippen LogP contribution is 2.37. The van der Waals surface area contributed by atoms with Crippen molar-refractivity contribution in [2.45, 2.75) is 46.2 Å². The Kier molecular flexibility index (Phi) is 3.91. The van der Waals surface area contributed by atoms with Crippen molar-refractivity contribution in [2.24, 2.45) is 0 Å². The van der Waals surface area contributed by atoms with Gasteiger partial charge in [0.2, 0.25) is 0 Å². The highest BCUT2D eigenvalue weighted by Gasteiger charge is 2.29. The van der Waals surface area contributed by atoms with Crippen LogP contribution in [0, 0.1) is 6.92 Å². The molecule has 1 amide bonds. The minimum atomic E-state index is -0.157. The molecule has 0 bridgehead atoms. The first-order valence-electron chi connectivity index (χ1n) is 9.33. The lowest BCUT2D eigenvalue weighted by atomic mass is 9.88. The molecule has 0 saturated heterocycles. The molecule has 4 rings (SSSR count). The van der Waals surface area contributed by atoms with Gasteiger partial charge in [-0.05, 0) is 68.5 Å². The molecule has 2 aromatic rings. The summed E-state index contributed by atoms with van der Waals surface area (Å²) in [5.41, 5.74) is 7.73. The lowest BCUT2D eigenvalue weighted by Gasteiger charge is -2.35. The number of amides is 1. The number of carbonyl (C=O) groups excluding carboxylic acids is 1. The van der Waals surface area contributed by atoms with Gasteiger partial charge in [0, 0.05) is 18.7 Å². The van der Waals surface area contributed by atoms with Gasteiger partial charge in [-0.2, -0.15) is 0 Å². The molecule has 0 atom stereocenters. The molecular weight excluding hydrogens is 320 g/mol. The maximum absolute atomic E-state index is 13.4. The molecule has 0 spiro atoms. The van der Waals surface area contributed by atoms with Gasteiger partial charge in [-0.1, -0.05) is 30.3 Å². The van der Waals surface area contributed by atoms with Crippen LogP contribution >= 0.6 is 0 Å². The summed E-state index contributed by atoms with van der Waals surface area (Å²) in [6.45, 7) is 9.95. The van der Waals surface area contributed by atoms with Crippen molar-refractivity contribution >= 4 is 17.2 Å². The van der Waals surface area contributed by atoms with E-state index >= 15 is 0 Å². The van der Waals surface area contributed by atoms with E-state index in [0.717, 1.165) is 35.3 Å². The van der Waals surface area contributed by atoms with E-state index in [1.807, 2.05) is 11.0 Å². The smallest absolute Gasteiger partial charge is 0.256 e. The standard InChI is InChI=1S/C23H26N2O/c1-15-11-19-16(2)13-23(3,4)24-21(19)20(12-15)22(26)25-10-9-17-7-5-6-8-18(17)14-25/h5-8,11-13,24H,9-10,14H2,1-4H3. The van der Waals surface area contributed by atoms with E-state index in [-0.39, 0.29) is 11.4 Å². The number of nitrogens with one attached hydrogen (secondary N) is 1. The number of allylic oxidation sites excluding steroid dienone is 1. The van der Waals surface area contributed by atoms with Gasteiger partial charge >= 0.3 is 0 Å². The molecule has 0 fully saturated rings. The minimum absolute atomic E-state index is 0.123. The van der Waals surface area contributed by atoms with Gasteiger partial charge in [-0.25, -0.2) is 0 Å². The molecule has 0 radical (unpaired) electrons. The molecule has 0 saturated carbocycles. The summed E-state index contributed by atoms with van der Waals surface area (Å²) in [5.74, 6) is 0.123. The minimum Gasteiger partial charge on any atom is -0.376 e. The Morgan fingerprint density at radius 2 is 1.85 bits per heavy atom. The Balaban J connectivity index is 1.73. The maximum atomic E-state index is 13.4. The Bertz CT molecular complexity index is 924. The maximum Gasteiger partial charge on any atom is 0.256 e. The number of hydrogen-bond donors (Lipinski definition) is 1. The van der Waals surface area contributed by atoms with Crippen LogP contribution in [-0.4, -0.2) is 22.9 Å². The van der Waals surface area contributed by atoms with Crippen molar-refractivity contribution in [1.82, 2.24) is 4.90 Å². The molecule has 2 aromatic carbocycles. The first-order chi connectivity index (χ1) is 12.3. The Hall–Kier alpha value is -2.55. The van der Waals surface area contributed by atoms with Crippen molar-refractivity contribution in [3.63, 3.8) is 0 Å². The fourth-order valence-electron chi connectivity index (χ4n) is 4.22. The SMILES string of the molecule is CC1=CC(C)(C)Nc2c(C(=O)N3CCc4ccccc4C3)cc(C)cc21. The summed E-state index contributed by atoms with van der Waals surface area (Å²) in [4.78, 5) is 15.4. The fraction of sp³-hybridized carbons (Fsp3) is 0.348. The third kappa shape index (κ3) is 2.92. The number of rotatable bonds is 1. The topological polar surface area (TPSA) is 32.3 Å². The second-order valence-corrected chi connectivity index (χ2v) is 8.15. The van der Waals surface area contributed by atoms with Crippen molar-refractivity contribution in [3.8, 4) is 0 Å². The van der Waals surface area contributed by atoms with Crippen molar-refractivity contribution < 1.29 is 4.79 Å². The van der Waals surface area contributed by atoms with Crippen LogP contribution in [0.5, 0.6) is 0 Å². The predicted molar refractivity (Wildman–Crippen MR) is 107 cm³/mol. The number of anilines is 1. The van der Waals surface area contributed by atoms with Gasteiger partial charge in [0.1, 0.15) is 0 Å². The van der Waals surface area contributed by atoms with Crippen LogP contribution in [0.15, 0.2) is 42.5 Å². The van der Waals surface area contributed by atoms with Gasteiger partial charge in [-0.3, -0.25) is 4.79 Å². The zero-order chi connectivity index (χ0) is 18.5. The molecule has 3 nitrogen and oxygen atoms in total. The van der Waals surface area contributed by atoms with Crippen LogP contribution < -0.4 is 5.32 Å². The normalized spacial score (nSPS) is 17.7. The Morgan fingerprint density at radius 3 is 2.62 bits per heavy atom. The average molecular weight is 346 g/mol. The number of nitrogens with zero attached hydrogens (tertiary/aromatic N) is 1. The molecule has 2 aliphatic heterocycles. The summed E-state index contributed by atoms with van der Waals surface area (Å²) >= 11 is 0. The number of fused-ring (bicyclic) bond motifs is 2. The Labute approximate surface area is 155 Å². The monoisotopic (exact) mass is 346 g/mol. The molecule has 134 valence electrons. The van der Waals surface area contributed by atoms with Crippen LogP contribution in [0.4, 0.5) is 5.69 Å². The van der Waals surface area contributed by atoms with Crippen molar-refractivity contribution in [1.29, 1.82) is 0 Å². The van der Waals surface area contributed by atoms with Crippen molar-refractivity contribution in [2.75, 3.05) is 11.9 Å². The number of aryl methyl sites for hydroxylation is 1. The highest BCUT2D eigenvalue weighted by molar-refractivity contribution is 6.03. The number of benzene rings is 2. The van der Waals surface area contributed by atoms with Crippen LogP contribution in [0.3, 0.4) is 0 Å². The average Bonchev–Trinajstić information content (AvgIpc) is 2.60. The van der Waals surface area contributed by atoms with Gasteiger partial charge in [-0.15, -0.1) is 0 Å². The summed E-state index contributed by atoms with van der Waals surface area (Å²) < 4.78 is 0. The quantitative estimate of drug-likeness (QED) is 0.804. The lowest BCUT2D eigenvalue weighted by molar-refractivity contribution is 0.0735. The molecule has 1 N–H and O–H groups in total. The predicted octanol–water partition coefficient (Wildman–Crippen LogP) is 4.80. The molecule has 2 aliphatic rings. The molecule has 26 heavy (non-hydrogen) atoms. The Morgan fingerprint density at radius 1 is 1.12 bits per heavy atom. The van der Waals surface area contributed by atoms with Gasteiger partial charge in [0.05, 0.1) is 16.8 Å². The first kappa shape index (κ1) is 16.9. The van der Waals surface area contributed by atoms with Crippen LogP contribution in [0.2, 0.25) is 0 Å². The highest BCUT2D eigenvalue weighted by atomic mass is 16.2. The second kappa shape index (κ2) is 6.01. The zero-order valence-corrected chi connectivity index (χ0v) is 16.0. The van der Waals surface area contributed by atoms with E-state index in [1.165, 1.54) is 16.7 Å².